The summed E-state index contributed by atoms with van der Waals surface area (Å²) in [6, 6.07) is 2.64. The quantitative estimate of drug-likeness (QED) is 0.789. The largest absolute Gasteiger partial charge is 0.478 e. The van der Waals surface area contributed by atoms with Crippen molar-refractivity contribution in [1.82, 2.24) is 25.2 Å². The normalized spacial score (nSPS) is 10.2. The van der Waals surface area contributed by atoms with Crippen molar-refractivity contribution >= 4 is 17.8 Å². The molecule has 2 aromatic heterocycles. The number of amides is 1. The van der Waals surface area contributed by atoms with Gasteiger partial charge in [-0.3, -0.25) is 10.1 Å². The Morgan fingerprint density at radius 3 is 2.63 bits per heavy atom. The lowest BCUT2D eigenvalue weighted by Gasteiger charge is -2.03. The van der Waals surface area contributed by atoms with Crippen LogP contribution < -0.4 is 5.32 Å². The van der Waals surface area contributed by atoms with Crippen LogP contribution in [0.5, 0.6) is 0 Å². The van der Waals surface area contributed by atoms with Gasteiger partial charge in [0.2, 0.25) is 0 Å². The number of carboxylic acid groups (broad SMARTS) is 1. The standard InChI is InChI=1S/C10H10N6O3/c1-5-6(9(18)19)3-4-7(11-5)8(17)12-10-13-15-16(2)14-10/h3-4H,1-2H3,(H,18,19)(H,12,14,17). The molecule has 0 radical (unpaired) electrons. The Kier molecular flexibility index (Phi) is 3.19. The number of carbonyl (C=O) groups is 2. The minimum atomic E-state index is -1.09. The summed E-state index contributed by atoms with van der Waals surface area (Å²) >= 11 is 0. The highest BCUT2D eigenvalue weighted by molar-refractivity contribution is 6.02. The first-order valence-corrected chi connectivity index (χ1v) is 5.23. The van der Waals surface area contributed by atoms with Crippen LogP contribution in [-0.4, -0.2) is 42.2 Å². The molecule has 0 saturated heterocycles. The highest BCUT2D eigenvalue weighted by Gasteiger charge is 2.14. The van der Waals surface area contributed by atoms with E-state index < -0.39 is 11.9 Å². The second-order valence-electron chi connectivity index (χ2n) is 3.69. The number of aryl methyl sites for hydroxylation is 2. The SMILES string of the molecule is Cc1nc(C(=O)Nc2nnn(C)n2)ccc1C(=O)O. The van der Waals surface area contributed by atoms with Crippen LogP contribution in [0.4, 0.5) is 5.95 Å². The van der Waals surface area contributed by atoms with E-state index in [1.807, 2.05) is 0 Å². The van der Waals surface area contributed by atoms with E-state index >= 15 is 0 Å². The van der Waals surface area contributed by atoms with Crippen LogP contribution in [0.25, 0.3) is 0 Å². The Balaban J connectivity index is 2.20. The molecule has 0 atom stereocenters. The maximum atomic E-state index is 11.8. The number of aromatic nitrogens is 5. The van der Waals surface area contributed by atoms with Crippen molar-refractivity contribution in [3.05, 3.63) is 29.1 Å². The molecule has 0 bridgehead atoms. The van der Waals surface area contributed by atoms with Crippen LogP contribution in [0.1, 0.15) is 26.5 Å². The minimum Gasteiger partial charge on any atom is -0.478 e. The van der Waals surface area contributed by atoms with Gasteiger partial charge in [-0.2, -0.15) is 4.80 Å². The van der Waals surface area contributed by atoms with Gasteiger partial charge in [0.05, 0.1) is 18.3 Å². The zero-order valence-electron chi connectivity index (χ0n) is 10.2. The summed E-state index contributed by atoms with van der Waals surface area (Å²) in [5, 5.41) is 22.2. The van der Waals surface area contributed by atoms with E-state index in [0.717, 1.165) is 0 Å². The fourth-order valence-electron chi connectivity index (χ4n) is 1.41. The zero-order valence-corrected chi connectivity index (χ0v) is 10.2. The first kappa shape index (κ1) is 12.6. The lowest BCUT2D eigenvalue weighted by molar-refractivity contribution is 0.0695. The average molecular weight is 262 g/mol. The molecule has 0 aliphatic carbocycles. The van der Waals surface area contributed by atoms with Gasteiger partial charge in [-0.05, 0) is 24.3 Å². The smallest absolute Gasteiger partial charge is 0.337 e. The van der Waals surface area contributed by atoms with E-state index in [1.165, 1.54) is 23.9 Å². The first-order valence-electron chi connectivity index (χ1n) is 5.23. The van der Waals surface area contributed by atoms with Crippen molar-refractivity contribution in [3.8, 4) is 0 Å². The van der Waals surface area contributed by atoms with E-state index in [4.69, 9.17) is 5.11 Å². The number of carbonyl (C=O) groups excluding carboxylic acids is 1. The van der Waals surface area contributed by atoms with Crippen molar-refractivity contribution in [2.24, 2.45) is 7.05 Å². The maximum Gasteiger partial charge on any atom is 0.337 e. The molecule has 0 spiro atoms. The van der Waals surface area contributed by atoms with Gasteiger partial charge in [0.25, 0.3) is 11.9 Å². The predicted molar refractivity (Wildman–Crippen MR) is 62.7 cm³/mol. The number of tetrazole rings is 1. The van der Waals surface area contributed by atoms with Crippen molar-refractivity contribution in [2.45, 2.75) is 6.92 Å². The van der Waals surface area contributed by atoms with Gasteiger partial charge in [0, 0.05) is 0 Å². The van der Waals surface area contributed by atoms with E-state index in [9.17, 15) is 9.59 Å². The van der Waals surface area contributed by atoms with E-state index in [0.29, 0.717) is 0 Å². The molecule has 0 aromatic carbocycles. The molecular weight excluding hydrogens is 252 g/mol. The summed E-state index contributed by atoms with van der Waals surface area (Å²) in [6.45, 7) is 1.51. The molecule has 0 aliphatic heterocycles. The molecule has 19 heavy (non-hydrogen) atoms. The third-order valence-electron chi connectivity index (χ3n) is 2.28. The van der Waals surface area contributed by atoms with Gasteiger partial charge < -0.3 is 5.11 Å². The lowest BCUT2D eigenvalue weighted by Crippen LogP contribution is -2.16. The van der Waals surface area contributed by atoms with Crippen molar-refractivity contribution in [2.75, 3.05) is 5.32 Å². The summed E-state index contributed by atoms with van der Waals surface area (Å²) in [4.78, 5) is 27.8. The van der Waals surface area contributed by atoms with Gasteiger partial charge in [-0.25, -0.2) is 9.78 Å². The molecule has 2 rings (SSSR count). The molecule has 2 N–H and O–H groups in total. The second kappa shape index (κ2) is 4.80. The van der Waals surface area contributed by atoms with Crippen molar-refractivity contribution in [1.29, 1.82) is 0 Å². The Bertz CT molecular complexity index is 650. The van der Waals surface area contributed by atoms with Crippen LogP contribution in [-0.2, 0) is 7.05 Å². The van der Waals surface area contributed by atoms with Gasteiger partial charge >= 0.3 is 5.97 Å². The van der Waals surface area contributed by atoms with E-state index in [-0.39, 0.29) is 22.9 Å². The third-order valence-corrected chi connectivity index (χ3v) is 2.28. The van der Waals surface area contributed by atoms with Crippen molar-refractivity contribution in [3.63, 3.8) is 0 Å². The van der Waals surface area contributed by atoms with Crippen LogP contribution in [0.2, 0.25) is 0 Å². The summed E-state index contributed by atoms with van der Waals surface area (Å²) < 4.78 is 0. The Morgan fingerprint density at radius 2 is 2.11 bits per heavy atom. The topological polar surface area (TPSA) is 123 Å². The molecule has 0 saturated carbocycles. The number of carboxylic acids is 1. The Morgan fingerprint density at radius 1 is 1.37 bits per heavy atom. The Hall–Kier alpha value is -2.84. The second-order valence-corrected chi connectivity index (χ2v) is 3.69. The van der Waals surface area contributed by atoms with Crippen molar-refractivity contribution < 1.29 is 14.7 Å². The summed E-state index contributed by atoms with van der Waals surface area (Å²) in [5.74, 6) is -1.57. The fourth-order valence-corrected chi connectivity index (χ4v) is 1.41. The highest BCUT2D eigenvalue weighted by atomic mass is 16.4. The van der Waals surface area contributed by atoms with Crippen LogP contribution >= 0.6 is 0 Å². The Labute approximate surface area is 107 Å². The van der Waals surface area contributed by atoms with E-state index in [2.05, 4.69) is 25.7 Å². The predicted octanol–water partition coefficient (Wildman–Crippen LogP) is -0.136. The monoisotopic (exact) mass is 262 g/mol. The lowest BCUT2D eigenvalue weighted by atomic mass is 10.2. The molecular formula is C10H10N6O3. The molecule has 2 aromatic rings. The van der Waals surface area contributed by atoms with E-state index in [1.54, 1.807) is 7.05 Å². The molecule has 0 fully saturated rings. The molecule has 98 valence electrons. The van der Waals surface area contributed by atoms with Crippen LogP contribution in [0.15, 0.2) is 12.1 Å². The number of hydrogen-bond acceptors (Lipinski definition) is 6. The zero-order chi connectivity index (χ0) is 14.0. The van der Waals surface area contributed by atoms with Crippen LogP contribution in [0.3, 0.4) is 0 Å². The highest BCUT2D eigenvalue weighted by Crippen LogP contribution is 2.08. The summed E-state index contributed by atoms with van der Waals surface area (Å²) in [5.41, 5.74) is 0.386. The van der Waals surface area contributed by atoms with Gasteiger partial charge in [0.1, 0.15) is 5.69 Å². The number of nitrogens with zero attached hydrogens (tertiary/aromatic N) is 5. The third kappa shape index (κ3) is 2.70. The number of hydrogen-bond donors (Lipinski definition) is 2. The first-order chi connectivity index (χ1) is 8.97. The fraction of sp³-hybridized carbons (Fsp3) is 0.200. The maximum absolute atomic E-state index is 11.8. The van der Waals surface area contributed by atoms with Gasteiger partial charge in [-0.15, -0.1) is 5.10 Å². The molecule has 1 amide bonds. The molecule has 9 nitrogen and oxygen atoms in total. The van der Waals surface area contributed by atoms with Gasteiger partial charge in [0.15, 0.2) is 0 Å². The summed E-state index contributed by atoms with van der Waals surface area (Å²) in [6.07, 6.45) is 0. The molecule has 2 heterocycles. The number of aromatic carboxylic acids is 1. The van der Waals surface area contributed by atoms with Crippen LogP contribution in [0, 0.1) is 6.92 Å². The molecule has 0 aliphatic rings. The molecule has 9 heteroatoms. The molecule has 0 unspecified atom stereocenters. The number of anilines is 1. The number of nitrogens with one attached hydrogen (secondary N) is 1. The summed E-state index contributed by atoms with van der Waals surface area (Å²) in [7, 11) is 1.56. The minimum absolute atomic E-state index is 0.0502. The average Bonchev–Trinajstić information content (AvgIpc) is 2.74. The van der Waals surface area contributed by atoms with Gasteiger partial charge in [-0.1, -0.05) is 5.10 Å². The number of pyridine rings is 1. The number of rotatable bonds is 3.